The van der Waals surface area contributed by atoms with Crippen molar-refractivity contribution >= 4 is 5.91 Å². The molecule has 0 bridgehead atoms. The first-order valence-corrected chi connectivity index (χ1v) is 6.12. The second-order valence-electron chi connectivity index (χ2n) is 5.52. The fourth-order valence-electron chi connectivity index (χ4n) is 2.22. The Labute approximate surface area is 92.0 Å². The van der Waals surface area contributed by atoms with Crippen LogP contribution in [0.15, 0.2) is 0 Å². The minimum absolute atomic E-state index is 0.182. The number of rotatable bonds is 3. The third-order valence-electron chi connectivity index (χ3n) is 3.89. The van der Waals surface area contributed by atoms with Crippen LogP contribution in [0.2, 0.25) is 0 Å². The van der Waals surface area contributed by atoms with Gasteiger partial charge in [-0.3, -0.25) is 4.79 Å². The van der Waals surface area contributed by atoms with Gasteiger partial charge in [-0.15, -0.1) is 0 Å². The van der Waals surface area contributed by atoms with Gasteiger partial charge in [-0.25, -0.2) is 0 Å². The van der Waals surface area contributed by atoms with E-state index in [9.17, 15) is 4.79 Å². The lowest BCUT2D eigenvalue weighted by molar-refractivity contribution is -0.126. The zero-order chi connectivity index (χ0) is 10.9. The molecule has 1 saturated carbocycles. The Balaban J connectivity index is 1.78. The van der Waals surface area contributed by atoms with Crippen molar-refractivity contribution < 1.29 is 4.79 Å². The van der Waals surface area contributed by atoms with E-state index in [1.54, 1.807) is 0 Å². The first-order chi connectivity index (χ1) is 7.11. The van der Waals surface area contributed by atoms with Crippen LogP contribution in [-0.2, 0) is 4.79 Å². The van der Waals surface area contributed by atoms with Gasteiger partial charge in [-0.2, -0.15) is 0 Å². The number of carbonyl (C=O) groups excluding carboxylic acids is 1. The van der Waals surface area contributed by atoms with Crippen molar-refractivity contribution in [3.63, 3.8) is 0 Å². The van der Waals surface area contributed by atoms with Crippen LogP contribution >= 0.6 is 0 Å². The molecule has 2 aliphatic rings. The van der Waals surface area contributed by atoms with Gasteiger partial charge in [0.25, 0.3) is 0 Å². The molecular formula is C12H22N2O. The molecule has 3 nitrogen and oxygen atoms in total. The van der Waals surface area contributed by atoms with Crippen LogP contribution in [0.3, 0.4) is 0 Å². The molecule has 2 atom stereocenters. The molecule has 0 spiro atoms. The van der Waals surface area contributed by atoms with Gasteiger partial charge in [-0.05, 0) is 44.6 Å². The van der Waals surface area contributed by atoms with E-state index in [2.05, 4.69) is 24.5 Å². The van der Waals surface area contributed by atoms with E-state index >= 15 is 0 Å². The van der Waals surface area contributed by atoms with Crippen molar-refractivity contribution in [3.05, 3.63) is 0 Å². The summed E-state index contributed by atoms with van der Waals surface area (Å²) in [6, 6.07) is 0.339. The standard InChI is InChI=1S/C12H22N2O/c1-9-10(4-3-7-13-9)11(15)14-8-12(2)5-6-12/h9-10,13H,3-8H2,1-2H3,(H,14,15)/t9-,10-/m1/s1. The first kappa shape index (κ1) is 10.9. The average Bonchev–Trinajstić information content (AvgIpc) is 2.95. The summed E-state index contributed by atoms with van der Waals surface area (Å²) < 4.78 is 0. The summed E-state index contributed by atoms with van der Waals surface area (Å²) in [5.74, 6) is 0.434. The van der Waals surface area contributed by atoms with E-state index in [1.165, 1.54) is 12.8 Å². The number of carbonyl (C=O) groups is 1. The Kier molecular flexibility index (Phi) is 3.01. The van der Waals surface area contributed by atoms with Crippen LogP contribution in [0.5, 0.6) is 0 Å². The Bertz CT molecular complexity index is 248. The fourth-order valence-corrected chi connectivity index (χ4v) is 2.22. The normalized spacial score (nSPS) is 33.5. The lowest BCUT2D eigenvalue weighted by atomic mass is 9.91. The molecule has 2 fully saturated rings. The molecule has 0 radical (unpaired) electrons. The van der Waals surface area contributed by atoms with Crippen LogP contribution in [0.1, 0.15) is 39.5 Å². The molecule has 1 aliphatic heterocycles. The Hall–Kier alpha value is -0.570. The molecule has 0 aromatic rings. The average molecular weight is 210 g/mol. The molecular weight excluding hydrogens is 188 g/mol. The molecule has 3 heteroatoms. The predicted molar refractivity (Wildman–Crippen MR) is 60.5 cm³/mol. The monoisotopic (exact) mass is 210 g/mol. The lowest BCUT2D eigenvalue weighted by Crippen LogP contribution is -2.47. The van der Waals surface area contributed by atoms with E-state index < -0.39 is 0 Å². The van der Waals surface area contributed by atoms with Crippen molar-refractivity contribution in [1.29, 1.82) is 0 Å². The highest BCUT2D eigenvalue weighted by Crippen LogP contribution is 2.44. The van der Waals surface area contributed by atoms with Crippen molar-refractivity contribution in [2.45, 2.75) is 45.6 Å². The molecule has 0 aromatic carbocycles. The quantitative estimate of drug-likeness (QED) is 0.737. The Morgan fingerprint density at radius 2 is 2.27 bits per heavy atom. The summed E-state index contributed by atoms with van der Waals surface area (Å²) in [6.45, 7) is 6.29. The molecule has 2 rings (SSSR count). The zero-order valence-electron chi connectivity index (χ0n) is 9.81. The first-order valence-electron chi connectivity index (χ1n) is 6.12. The highest BCUT2D eigenvalue weighted by molar-refractivity contribution is 5.79. The number of nitrogens with one attached hydrogen (secondary N) is 2. The summed E-state index contributed by atoms with van der Waals surface area (Å²) in [7, 11) is 0. The lowest BCUT2D eigenvalue weighted by Gasteiger charge is -2.29. The number of amides is 1. The highest BCUT2D eigenvalue weighted by atomic mass is 16.1. The van der Waals surface area contributed by atoms with Crippen LogP contribution in [0, 0.1) is 11.3 Å². The Morgan fingerprint density at radius 3 is 2.87 bits per heavy atom. The van der Waals surface area contributed by atoms with Gasteiger partial charge in [-0.1, -0.05) is 6.92 Å². The maximum absolute atomic E-state index is 11.9. The topological polar surface area (TPSA) is 41.1 Å². The van der Waals surface area contributed by atoms with Crippen molar-refractivity contribution in [2.24, 2.45) is 11.3 Å². The van der Waals surface area contributed by atoms with E-state index in [1.807, 2.05) is 0 Å². The zero-order valence-corrected chi connectivity index (χ0v) is 9.81. The van der Waals surface area contributed by atoms with Gasteiger partial charge < -0.3 is 10.6 Å². The van der Waals surface area contributed by atoms with Crippen molar-refractivity contribution in [1.82, 2.24) is 10.6 Å². The van der Waals surface area contributed by atoms with Crippen LogP contribution < -0.4 is 10.6 Å². The second-order valence-corrected chi connectivity index (χ2v) is 5.52. The Morgan fingerprint density at radius 1 is 1.53 bits per heavy atom. The number of hydrogen-bond donors (Lipinski definition) is 2. The number of hydrogen-bond acceptors (Lipinski definition) is 2. The minimum Gasteiger partial charge on any atom is -0.355 e. The maximum atomic E-state index is 11.9. The van der Waals surface area contributed by atoms with E-state index in [0.29, 0.717) is 11.5 Å². The molecule has 86 valence electrons. The summed E-state index contributed by atoms with van der Waals surface area (Å²) in [5, 5.41) is 6.47. The summed E-state index contributed by atoms with van der Waals surface area (Å²) in [5.41, 5.74) is 0.418. The predicted octanol–water partition coefficient (Wildman–Crippen LogP) is 1.29. The maximum Gasteiger partial charge on any atom is 0.224 e. The van der Waals surface area contributed by atoms with Gasteiger partial charge in [0, 0.05) is 12.6 Å². The van der Waals surface area contributed by atoms with Crippen molar-refractivity contribution in [2.75, 3.05) is 13.1 Å². The van der Waals surface area contributed by atoms with E-state index in [4.69, 9.17) is 0 Å². The second kappa shape index (κ2) is 4.12. The van der Waals surface area contributed by atoms with Gasteiger partial charge in [0.05, 0.1) is 5.92 Å². The highest BCUT2D eigenvalue weighted by Gasteiger charge is 2.38. The van der Waals surface area contributed by atoms with Gasteiger partial charge in [0.2, 0.25) is 5.91 Å². The van der Waals surface area contributed by atoms with E-state index in [0.717, 1.165) is 25.9 Å². The van der Waals surface area contributed by atoms with Gasteiger partial charge >= 0.3 is 0 Å². The molecule has 1 heterocycles. The summed E-state index contributed by atoms with van der Waals surface area (Å²) >= 11 is 0. The molecule has 0 aromatic heterocycles. The fraction of sp³-hybridized carbons (Fsp3) is 0.917. The summed E-state index contributed by atoms with van der Waals surface area (Å²) in [6.07, 6.45) is 4.70. The molecule has 0 unspecified atom stereocenters. The SMILES string of the molecule is C[C@H]1NCCC[C@H]1C(=O)NCC1(C)CC1. The van der Waals surface area contributed by atoms with E-state index in [-0.39, 0.29) is 11.8 Å². The molecule has 1 amide bonds. The van der Waals surface area contributed by atoms with Crippen molar-refractivity contribution in [3.8, 4) is 0 Å². The third-order valence-corrected chi connectivity index (χ3v) is 3.89. The van der Waals surface area contributed by atoms with Crippen LogP contribution in [0.25, 0.3) is 0 Å². The molecule has 15 heavy (non-hydrogen) atoms. The van der Waals surface area contributed by atoms with Gasteiger partial charge in [0.1, 0.15) is 0 Å². The minimum atomic E-state index is 0.182. The van der Waals surface area contributed by atoms with Gasteiger partial charge in [0.15, 0.2) is 0 Å². The third kappa shape index (κ3) is 2.71. The molecule has 1 aliphatic carbocycles. The van der Waals surface area contributed by atoms with Crippen LogP contribution in [-0.4, -0.2) is 25.0 Å². The smallest absolute Gasteiger partial charge is 0.224 e. The summed E-state index contributed by atoms with van der Waals surface area (Å²) in [4.78, 5) is 11.9. The number of piperidine rings is 1. The largest absolute Gasteiger partial charge is 0.355 e. The van der Waals surface area contributed by atoms with Crippen LogP contribution in [0.4, 0.5) is 0 Å². The molecule has 2 N–H and O–H groups in total. The molecule has 1 saturated heterocycles.